The van der Waals surface area contributed by atoms with Gasteiger partial charge in [0.2, 0.25) is 10.0 Å². The van der Waals surface area contributed by atoms with Crippen LogP contribution < -0.4 is 0 Å². The molecule has 1 fully saturated rings. The summed E-state index contributed by atoms with van der Waals surface area (Å²) < 4.78 is 32.2. The lowest BCUT2D eigenvalue weighted by Crippen LogP contribution is -2.42. The van der Waals surface area contributed by atoms with Crippen molar-refractivity contribution in [1.82, 2.24) is 4.31 Å². The molecule has 0 saturated carbocycles. The number of esters is 1. The van der Waals surface area contributed by atoms with Gasteiger partial charge in [0.15, 0.2) is 0 Å². The number of sulfonamides is 1. The largest absolute Gasteiger partial charge is 0.466 e. The van der Waals surface area contributed by atoms with Crippen molar-refractivity contribution >= 4 is 16.0 Å². The molecule has 1 aliphatic rings. The van der Waals surface area contributed by atoms with E-state index in [9.17, 15) is 13.2 Å². The van der Waals surface area contributed by atoms with E-state index in [2.05, 4.69) is 0 Å². The summed E-state index contributed by atoms with van der Waals surface area (Å²) in [6, 6.07) is 5.40. The van der Waals surface area contributed by atoms with Crippen LogP contribution >= 0.6 is 0 Å². The van der Waals surface area contributed by atoms with Gasteiger partial charge in [-0.1, -0.05) is 12.1 Å². The molecule has 1 atom stereocenters. The maximum absolute atomic E-state index is 12.9. The highest BCUT2D eigenvalue weighted by atomic mass is 32.2. The molecule has 2 rings (SSSR count). The molecule has 0 spiro atoms. The van der Waals surface area contributed by atoms with Crippen molar-refractivity contribution in [1.29, 1.82) is 0 Å². The van der Waals surface area contributed by atoms with E-state index in [-0.39, 0.29) is 18.4 Å². The first-order valence-corrected chi connectivity index (χ1v) is 9.04. The lowest BCUT2D eigenvalue weighted by atomic mass is 10.0. The molecule has 22 heavy (non-hydrogen) atoms. The molecule has 0 aromatic heterocycles. The minimum absolute atomic E-state index is 0.203. The highest BCUT2D eigenvalue weighted by Crippen LogP contribution is 2.26. The summed E-state index contributed by atoms with van der Waals surface area (Å²) in [5.74, 6) is -0.669. The summed E-state index contributed by atoms with van der Waals surface area (Å²) in [6.45, 7) is 6.39. The van der Waals surface area contributed by atoms with Crippen molar-refractivity contribution < 1.29 is 17.9 Å². The Bertz CT molecular complexity index is 654. The Kier molecular flexibility index (Phi) is 5.24. The van der Waals surface area contributed by atoms with E-state index in [0.717, 1.165) is 11.1 Å². The fraction of sp³-hybridized carbons (Fsp3) is 0.562. The molecule has 1 aromatic carbocycles. The first-order chi connectivity index (χ1) is 10.4. The van der Waals surface area contributed by atoms with E-state index in [1.807, 2.05) is 19.1 Å². The number of rotatable bonds is 4. The third-order valence-corrected chi connectivity index (χ3v) is 5.97. The Balaban J connectivity index is 2.25. The monoisotopic (exact) mass is 325 g/mol. The molecule has 0 amide bonds. The van der Waals surface area contributed by atoms with Crippen molar-refractivity contribution in [2.24, 2.45) is 5.92 Å². The van der Waals surface area contributed by atoms with Crippen LogP contribution in [0.3, 0.4) is 0 Å². The zero-order valence-electron chi connectivity index (χ0n) is 13.3. The van der Waals surface area contributed by atoms with Crippen molar-refractivity contribution in [2.75, 3.05) is 19.7 Å². The van der Waals surface area contributed by atoms with Crippen LogP contribution in [-0.4, -0.2) is 38.4 Å². The lowest BCUT2D eigenvalue weighted by Gasteiger charge is -2.31. The van der Waals surface area contributed by atoms with Crippen LogP contribution in [0, 0.1) is 19.8 Å². The van der Waals surface area contributed by atoms with Gasteiger partial charge < -0.3 is 4.74 Å². The Morgan fingerprint density at radius 1 is 1.36 bits per heavy atom. The van der Waals surface area contributed by atoms with Gasteiger partial charge in [-0.25, -0.2) is 8.42 Å². The Hall–Kier alpha value is -1.40. The number of aryl methyl sites for hydroxylation is 2. The number of carbonyl (C=O) groups is 1. The number of benzene rings is 1. The molecular formula is C16H23NO4S. The normalized spacial score (nSPS) is 19.9. The van der Waals surface area contributed by atoms with Gasteiger partial charge in [0.25, 0.3) is 0 Å². The van der Waals surface area contributed by atoms with Crippen molar-refractivity contribution in [3.05, 3.63) is 29.3 Å². The van der Waals surface area contributed by atoms with Gasteiger partial charge in [-0.15, -0.1) is 0 Å². The van der Waals surface area contributed by atoms with E-state index in [1.54, 1.807) is 19.9 Å². The van der Waals surface area contributed by atoms with Crippen LogP contribution in [0.25, 0.3) is 0 Å². The maximum atomic E-state index is 12.9. The second kappa shape index (κ2) is 6.79. The summed E-state index contributed by atoms with van der Waals surface area (Å²) in [7, 11) is -3.57. The highest BCUT2D eigenvalue weighted by Gasteiger charge is 2.34. The highest BCUT2D eigenvalue weighted by molar-refractivity contribution is 7.89. The number of ether oxygens (including phenoxy) is 1. The average Bonchev–Trinajstić information content (AvgIpc) is 2.50. The fourth-order valence-electron chi connectivity index (χ4n) is 2.74. The molecule has 122 valence electrons. The second-order valence-corrected chi connectivity index (χ2v) is 7.63. The summed E-state index contributed by atoms with van der Waals surface area (Å²) in [5.41, 5.74) is 1.63. The van der Waals surface area contributed by atoms with E-state index in [1.165, 1.54) is 4.31 Å². The van der Waals surface area contributed by atoms with Gasteiger partial charge in [0.1, 0.15) is 0 Å². The summed E-state index contributed by atoms with van der Waals surface area (Å²) in [4.78, 5) is 12.2. The van der Waals surface area contributed by atoms with E-state index < -0.39 is 10.0 Å². The maximum Gasteiger partial charge on any atom is 0.310 e. The zero-order chi connectivity index (χ0) is 16.3. The van der Waals surface area contributed by atoms with Gasteiger partial charge in [0.05, 0.1) is 17.4 Å². The standard InChI is InChI=1S/C16H23NO4S/c1-4-21-16(18)14-6-5-9-17(11-14)22(19,20)15-10-12(2)7-8-13(15)3/h7-8,10,14H,4-6,9,11H2,1-3H3/t14-/m1/s1. The second-order valence-electron chi connectivity index (χ2n) is 5.72. The van der Waals surface area contributed by atoms with Crippen LogP contribution in [0.1, 0.15) is 30.9 Å². The molecule has 6 heteroatoms. The Labute approximate surface area is 132 Å². The molecule has 1 aromatic rings. The van der Waals surface area contributed by atoms with Gasteiger partial charge in [-0.3, -0.25) is 4.79 Å². The van der Waals surface area contributed by atoms with Crippen LogP contribution in [-0.2, 0) is 19.6 Å². The predicted octanol–water partition coefficient (Wildman–Crippen LogP) is 2.27. The summed E-state index contributed by atoms with van der Waals surface area (Å²) >= 11 is 0. The number of carbonyl (C=O) groups excluding carboxylic acids is 1. The van der Waals surface area contributed by atoms with Crippen molar-refractivity contribution in [2.45, 2.75) is 38.5 Å². The lowest BCUT2D eigenvalue weighted by molar-refractivity contribution is -0.149. The third-order valence-electron chi connectivity index (χ3n) is 3.97. The minimum atomic E-state index is -3.57. The summed E-state index contributed by atoms with van der Waals surface area (Å²) in [6.07, 6.45) is 1.35. The molecule has 0 bridgehead atoms. The number of piperidine rings is 1. The zero-order valence-corrected chi connectivity index (χ0v) is 14.1. The van der Waals surface area contributed by atoms with E-state index in [4.69, 9.17) is 4.74 Å². The molecule has 0 N–H and O–H groups in total. The average molecular weight is 325 g/mol. The van der Waals surface area contributed by atoms with Crippen molar-refractivity contribution in [3.63, 3.8) is 0 Å². The van der Waals surface area contributed by atoms with Gasteiger partial charge >= 0.3 is 5.97 Å². The number of nitrogens with zero attached hydrogens (tertiary/aromatic N) is 1. The Morgan fingerprint density at radius 3 is 2.77 bits per heavy atom. The number of hydrogen-bond donors (Lipinski definition) is 0. The quantitative estimate of drug-likeness (QED) is 0.797. The smallest absolute Gasteiger partial charge is 0.310 e. The fourth-order valence-corrected chi connectivity index (χ4v) is 4.57. The summed E-state index contributed by atoms with van der Waals surface area (Å²) in [5, 5.41) is 0. The van der Waals surface area contributed by atoms with Crippen LogP contribution in [0.15, 0.2) is 23.1 Å². The van der Waals surface area contributed by atoms with Gasteiger partial charge in [-0.2, -0.15) is 4.31 Å². The molecule has 1 aliphatic heterocycles. The molecule has 0 aliphatic carbocycles. The first kappa shape index (κ1) is 17.0. The topological polar surface area (TPSA) is 63.7 Å². The van der Waals surface area contributed by atoms with Gasteiger partial charge in [-0.05, 0) is 50.8 Å². The molecule has 0 unspecified atom stereocenters. The third kappa shape index (κ3) is 3.50. The minimum Gasteiger partial charge on any atom is -0.466 e. The van der Waals surface area contributed by atoms with Crippen LogP contribution in [0.5, 0.6) is 0 Å². The SMILES string of the molecule is CCOC(=O)[C@@H]1CCCN(S(=O)(=O)c2cc(C)ccc2C)C1. The molecule has 1 heterocycles. The molecule has 0 radical (unpaired) electrons. The van der Waals surface area contributed by atoms with Crippen molar-refractivity contribution in [3.8, 4) is 0 Å². The molecule has 1 saturated heterocycles. The van der Waals surface area contributed by atoms with Crippen LogP contribution in [0.2, 0.25) is 0 Å². The molecular weight excluding hydrogens is 302 g/mol. The van der Waals surface area contributed by atoms with E-state index >= 15 is 0 Å². The first-order valence-electron chi connectivity index (χ1n) is 7.60. The molecule has 5 nitrogen and oxygen atoms in total. The Morgan fingerprint density at radius 2 is 2.09 bits per heavy atom. The van der Waals surface area contributed by atoms with Gasteiger partial charge in [0, 0.05) is 13.1 Å². The van der Waals surface area contributed by atoms with Crippen LogP contribution in [0.4, 0.5) is 0 Å². The predicted molar refractivity (Wildman–Crippen MR) is 84.0 cm³/mol. The number of hydrogen-bond acceptors (Lipinski definition) is 4. The van der Waals surface area contributed by atoms with E-state index in [0.29, 0.717) is 30.9 Å².